The van der Waals surface area contributed by atoms with Gasteiger partial charge in [0.05, 0.1) is 16.8 Å². The molecule has 1 saturated heterocycles. The number of hydrogen-bond acceptors (Lipinski definition) is 6. The van der Waals surface area contributed by atoms with Gasteiger partial charge in [-0.1, -0.05) is 30.3 Å². The van der Waals surface area contributed by atoms with Gasteiger partial charge in [0.1, 0.15) is 18.1 Å². The maximum atomic E-state index is 14.8. The number of carbonyl (C=O) groups excluding carboxylic acids is 5. The van der Waals surface area contributed by atoms with Gasteiger partial charge in [-0.3, -0.25) is 29.4 Å². The maximum Gasteiger partial charge on any atom is 0.262 e. The van der Waals surface area contributed by atoms with Gasteiger partial charge >= 0.3 is 0 Å². The molecule has 4 rings (SSSR count). The summed E-state index contributed by atoms with van der Waals surface area (Å²) in [7, 11) is 0. The van der Waals surface area contributed by atoms with E-state index in [0.717, 1.165) is 22.8 Å². The maximum absolute atomic E-state index is 14.8. The van der Waals surface area contributed by atoms with Crippen LogP contribution in [-0.4, -0.2) is 46.9 Å². The Labute approximate surface area is 182 Å². The Morgan fingerprint density at radius 2 is 1.78 bits per heavy atom. The third-order valence-corrected chi connectivity index (χ3v) is 5.59. The molecular weight excluding hydrogens is 417 g/mol. The zero-order valence-electron chi connectivity index (χ0n) is 17.0. The summed E-state index contributed by atoms with van der Waals surface area (Å²) in [6.07, 6.45) is 1.30. The smallest absolute Gasteiger partial charge is 0.262 e. The van der Waals surface area contributed by atoms with Crippen molar-refractivity contribution < 1.29 is 28.4 Å². The van der Waals surface area contributed by atoms with Gasteiger partial charge in [0.2, 0.25) is 11.8 Å². The van der Waals surface area contributed by atoms with Gasteiger partial charge in [0.15, 0.2) is 0 Å². The first-order valence-corrected chi connectivity index (χ1v) is 10.2. The van der Waals surface area contributed by atoms with Crippen LogP contribution >= 0.6 is 0 Å². The summed E-state index contributed by atoms with van der Waals surface area (Å²) in [5.74, 6) is -3.46. The highest BCUT2D eigenvalue weighted by atomic mass is 19.1. The van der Waals surface area contributed by atoms with E-state index in [9.17, 15) is 28.4 Å². The first-order valence-electron chi connectivity index (χ1n) is 10.2. The highest BCUT2D eigenvalue weighted by Gasteiger charge is 2.45. The Morgan fingerprint density at radius 1 is 1.09 bits per heavy atom. The largest absolute Gasteiger partial charge is 0.379 e. The van der Waals surface area contributed by atoms with Crippen molar-refractivity contribution in [2.75, 3.05) is 5.32 Å². The molecule has 0 spiro atoms. The fourth-order valence-corrected chi connectivity index (χ4v) is 4.03. The van der Waals surface area contributed by atoms with Gasteiger partial charge in [-0.25, -0.2) is 4.39 Å². The van der Waals surface area contributed by atoms with Crippen LogP contribution in [0.1, 0.15) is 45.5 Å². The molecule has 2 heterocycles. The molecule has 164 valence electrons. The van der Waals surface area contributed by atoms with E-state index in [2.05, 4.69) is 10.6 Å². The second-order valence-corrected chi connectivity index (χ2v) is 7.76. The summed E-state index contributed by atoms with van der Waals surface area (Å²) >= 11 is 0. The van der Waals surface area contributed by atoms with E-state index < -0.39 is 41.5 Å². The summed E-state index contributed by atoms with van der Waals surface area (Å²) in [5.41, 5.74) is 0.757. The van der Waals surface area contributed by atoms with Crippen LogP contribution in [0.4, 0.5) is 10.1 Å². The Balaban J connectivity index is 1.59. The molecule has 2 aliphatic heterocycles. The summed E-state index contributed by atoms with van der Waals surface area (Å²) in [6.45, 7) is 0. The highest BCUT2D eigenvalue weighted by Crippen LogP contribution is 2.31. The minimum atomic E-state index is -1.12. The monoisotopic (exact) mass is 437 g/mol. The first-order chi connectivity index (χ1) is 15.4. The molecule has 0 radical (unpaired) electrons. The average Bonchev–Trinajstić information content (AvgIpc) is 2.99. The number of hydrogen-bond donors (Lipinski definition) is 2. The van der Waals surface area contributed by atoms with Crippen LogP contribution in [0.3, 0.4) is 0 Å². The summed E-state index contributed by atoms with van der Waals surface area (Å²) in [4.78, 5) is 61.2. The Morgan fingerprint density at radius 3 is 2.44 bits per heavy atom. The number of piperidine rings is 1. The molecule has 2 aromatic rings. The second-order valence-electron chi connectivity index (χ2n) is 7.76. The number of carbonyl (C=O) groups is 5. The van der Waals surface area contributed by atoms with Crippen LogP contribution in [0.5, 0.6) is 0 Å². The topological polar surface area (TPSA) is 113 Å². The predicted molar refractivity (Wildman–Crippen MR) is 111 cm³/mol. The number of imide groups is 2. The van der Waals surface area contributed by atoms with Crippen molar-refractivity contribution in [3.05, 3.63) is 65.0 Å². The average molecular weight is 437 g/mol. The van der Waals surface area contributed by atoms with Crippen LogP contribution in [0.2, 0.25) is 0 Å². The molecule has 0 aromatic heterocycles. The van der Waals surface area contributed by atoms with E-state index in [1.54, 1.807) is 0 Å². The quantitative estimate of drug-likeness (QED) is 0.505. The number of anilines is 1. The van der Waals surface area contributed by atoms with Crippen molar-refractivity contribution >= 4 is 35.6 Å². The molecule has 2 unspecified atom stereocenters. The van der Waals surface area contributed by atoms with Crippen molar-refractivity contribution in [2.45, 2.75) is 37.8 Å². The minimum Gasteiger partial charge on any atom is -0.379 e. The third-order valence-electron chi connectivity index (χ3n) is 5.59. The molecule has 2 N–H and O–H groups in total. The number of nitrogens with one attached hydrogen (secondary N) is 2. The van der Waals surface area contributed by atoms with Gasteiger partial charge in [0.25, 0.3) is 11.8 Å². The van der Waals surface area contributed by atoms with Gasteiger partial charge in [-0.15, -0.1) is 0 Å². The number of benzene rings is 2. The minimum absolute atomic E-state index is 0.00214. The van der Waals surface area contributed by atoms with Crippen LogP contribution in [-0.2, 0) is 20.8 Å². The highest BCUT2D eigenvalue weighted by molar-refractivity contribution is 6.23. The van der Waals surface area contributed by atoms with E-state index in [-0.39, 0.29) is 36.1 Å². The zero-order chi connectivity index (χ0) is 22.8. The molecule has 2 atom stereocenters. The van der Waals surface area contributed by atoms with Crippen molar-refractivity contribution in [1.82, 2.24) is 10.2 Å². The lowest BCUT2D eigenvalue weighted by molar-refractivity contribution is -0.136. The Kier molecular flexibility index (Phi) is 5.81. The third kappa shape index (κ3) is 4.01. The van der Waals surface area contributed by atoms with Crippen molar-refractivity contribution in [3.63, 3.8) is 0 Å². The van der Waals surface area contributed by atoms with Crippen LogP contribution < -0.4 is 10.6 Å². The Bertz CT molecular complexity index is 1120. The van der Waals surface area contributed by atoms with Crippen molar-refractivity contribution in [1.29, 1.82) is 0 Å². The second kappa shape index (κ2) is 8.70. The lowest BCUT2D eigenvalue weighted by Gasteiger charge is -2.27. The number of rotatable bonds is 7. The molecule has 2 aromatic carbocycles. The van der Waals surface area contributed by atoms with E-state index in [4.69, 9.17) is 0 Å². The van der Waals surface area contributed by atoms with Crippen LogP contribution in [0, 0.1) is 5.82 Å². The Hall–Kier alpha value is -3.88. The molecule has 4 amide bonds. The first kappa shape index (κ1) is 21.4. The van der Waals surface area contributed by atoms with Gasteiger partial charge < -0.3 is 10.1 Å². The molecule has 1 fully saturated rings. The normalized spacial score (nSPS) is 18.9. The number of halogens is 1. The van der Waals surface area contributed by atoms with E-state index in [1.165, 1.54) is 6.07 Å². The summed E-state index contributed by atoms with van der Waals surface area (Å²) in [6, 6.07) is 10.00. The molecule has 0 bridgehead atoms. The fourth-order valence-electron chi connectivity index (χ4n) is 4.03. The van der Waals surface area contributed by atoms with E-state index >= 15 is 0 Å². The molecular formula is C23H20FN3O5. The molecule has 8 nitrogen and oxygen atoms in total. The molecule has 9 heteroatoms. The SMILES string of the molecule is O=CCC(Cc1ccccc1)Nc1cc2c(cc1F)C(=O)N(C1CCC(=O)NC1=O)C2=O. The van der Waals surface area contributed by atoms with Gasteiger partial charge in [-0.2, -0.15) is 0 Å². The van der Waals surface area contributed by atoms with Gasteiger partial charge in [0, 0.05) is 18.9 Å². The lowest BCUT2D eigenvalue weighted by atomic mass is 10.0. The molecule has 32 heavy (non-hydrogen) atoms. The number of nitrogens with zero attached hydrogens (tertiary/aromatic N) is 1. The number of aldehydes is 1. The zero-order valence-corrected chi connectivity index (χ0v) is 17.0. The molecule has 0 saturated carbocycles. The standard InChI is InChI=1S/C23H20FN3O5/c24-17-11-15-16(23(32)27(22(15)31)19-6-7-20(29)26-21(19)30)12-18(17)25-14(8-9-28)10-13-4-2-1-3-5-13/h1-5,9,11-12,14,19,25H,6-8,10H2,(H,26,29,30). The number of amides is 4. The summed E-state index contributed by atoms with van der Waals surface area (Å²) in [5, 5.41) is 5.08. The van der Waals surface area contributed by atoms with E-state index in [0.29, 0.717) is 6.42 Å². The summed E-state index contributed by atoms with van der Waals surface area (Å²) < 4.78 is 14.8. The predicted octanol–water partition coefficient (Wildman–Crippen LogP) is 1.84. The van der Waals surface area contributed by atoms with E-state index in [1.807, 2.05) is 30.3 Å². The number of fused-ring (bicyclic) bond motifs is 1. The lowest BCUT2D eigenvalue weighted by Crippen LogP contribution is -2.54. The van der Waals surface area contributed by atoms with Gasteiger partial charge in [-0.05, 0) is 30.5 Å². The molecule has 0 aliphatic carbocycles. The van der Waals surface area contributed by atoms with Crippen LogP contribution in [0.25, 0.3) is 0 Å². The van der Waals surface area contributed by atoms with Crippen molar-refractivity contribution in [3.8, 4) is 0 Å². The van der Waals surface area contributed by atoms with Crippen molar-refractivity contribution in [2.24, 2.45) is 0 Å². The fraction of sp³-hybridized carbons (Fsp3) is 0.261. The molecule has 2 aliphatic rings. The van der Waals surface area contributed by atoms with Crippen LogP contribution in [0.15, 0.2) is 42.5 Å².